The van der Waals surface area contributed by atoms with Gasteiger partial charge < -0.3 is 24.5 Å². The van der Waals surface area contributed by atoms with E-state index in [9.17, 15) is 22.4 Å². The van der Waals surface area contributed by atoms with Crippen LogP contribution in [0.4, 0.5) is 23.2 Å². The lowest BCUT2D eigenvalue weighted by Gasteiger charge is -2.33. The molecule has 0 spiro atoms. The van der Waals surface area contributed by atoms with Crippen molar-refractivity contribution >= 4 is 40.2 Å². The summed E-state index contributed by atoms with van der Waals surface area (Å²) in [4.78, 5) is 18.7. The van der Waals surface area contributed by atoms with Gasteiger partial charge in [0.05, 0.1) is 44.8 Å². The summed E-state index contributed by atoms with van der Waals surface area (Å²) in [6, 6.07) is 7.66. The first-order valence-corrected chi connectivity index (χ1v) is 13.4. The normalized spacial score (nSPS) is 18.3. The largest absolute Gasteiger partial charge is 0.447 e. The molecule has 4 aromatic rings. The fourth-order valence-electron chi connectivity index (χ4n) is 4.28. The Bertz CT molecular complexity index is 1540. The second-order valence-electron chi connectivity index (χ2n) is 8.91. The van der Waals surface area contributed by atoms with E-state index in [-0.39, 0.29) is 47.2 Å². The number of piperidine rings is 1. The van der Waals surface area contributed by atoms with Crippen LogP contribution in [0.1, 0.15) is 27.5 Å². The Morgan fingerprint density at radius 3 is 2.92 bits per heavy atom. The Morgan fingerprint density at radius 1 is 1.38 bits per heavy atom. The number of thioether (sulfide) groups is 1. The number of halogens is 4. The molecule has 5 rings (SSSR count). The molecule has 1 aliphatic heterocycles. The van der Waals surface area contributed by atoms with Crippen LogP contribution in [0.5, 0.6) is 0 Å². The summed E-state index contributed by atoms with van der Waals surface area (Å²) < 4.78 is 61.9. The van der Waals surface area contributed by atoms with Crippen molar-refractivity contribution in [2.24, 2.45) is 0 Å². The number of hydrogen-bond acceptors (Lipinski definition) is 9. The number of fused-ring (bicyclic) bond motifs is 1. The fraction of sp³-hybridized carbons (Fsp3) is 0.333. The first-order valence-electron chi connectivity index (χ1n) is 11.7. The molecule has 1 fully saturated rings. The van der Waals surface area contributed by atoms with E-state index in [0.717, 1.165) is 11.3 Å². The van der Waals surface area contributed by atoms with Gasteiger partial charge in [-0.3, -0.25) is 4.79 Å². The molecular weight excluding hydrogens is 558 g/mol. The van der Waals surface area contributed by atoms with Gasteiger partial charge in [-0.15, -0.1) is 11.3 Å². The molecule has 2 N–H and O–H groups in total. The smallest absolute Gasteiger partial charge is 0.378 e. The second kappa shape index (κ2) is 10.9. The number of aromatic nitrogens is 3. The van der Waals surface area contributed by atoms with Crippen LogP contribution in [0, 0.1) is 11.3 Å². The number of nitrogens with one attached hydrogen (secondary N) is 2. The summed E-state index contributed by atoms with van der Waals surface area (Å²) in [5.41, 5.74) is -3.30. The summed E-state index contributed by atoms with van der Waals surface area (Å²) in [6.45, 7) is 0.786. The lowest BCUT2D eigenvalue weighted by Crippen LogP contribution is -2.46. The number of rotatable bonds is 7. The second-order valence-corrected chi connectivity index (χ2v) is 10.9. The van der Waals surface area contributed by atoms with Gasteiger partial charge in [-0.05, 0) is 37.7 Å². The average Bonchev–Trinajstić information content (AvgIpc) is 3.63. The number of nitrogens with zero attached hydrogens (tertiary/aromatic N) is 5. The number of carbonyl (C=O) groups is 1. The summed E-state index contributed by atoms with van der Waals surface area (Å²) in [7, 11) is 1.83. The topological polar surface area (TPSA) is 111 Å². The van der Waals surface area contributed by atoms with Crippen molar-refractivity contribution in [3.8, 4) is 17.5 Å². The van der Waals surface area contributed by atoms with Crippen molar-refractivity contribution in [1.82, 2.24) is 24.8 Å². The molecule has 0 unspecified atom stereocenters. The van der Waals surface area contributed by atoms with Crippen molar-refractivity contribution in [1.29, 1.82) is 5.26 Å². The third-order valence-corrected chi connectivity index (χ3v) is 7.89. The molecule has 1 aliphatic rings. The monoisotopic (exact) mass is 579 g/mol. The molecule has 2 atom stereocenters. The third kappa shape index (κ3) is 6.02. The predicted octanol–water partition coefficient (Wildman–Crippen LogP) is 4.92. The van der Waals surface area contributed by atoms with Crippen molar-refractivity contribution < 1.29 is 26.9 Å². The molecule has 4 aromatic heterocycles. The van der Waals surface area contributed by atoms with Gasteiger partial charge in [-0.1, -0.05) is 5.16 Å². The van der Waals surface area contributed by atoms with Crippen LogP contribution in [-0.2, 0) is 6.54 Å². The summed E-state index contributed by atoms with van der Waals surface area (Å²) >= 11 is 0.779. The van der Waals surface area contributed by atoms with Crippen LogP contribution in [0.3, 0.4) is 0 Å². The van der Waals surface area contributed by atoms with E-state index in [1.807, 2.05) is 18.0 Å². The van der Waals surface area contributed by atoms with Crippen LogP contribution >= 0.6 is 23.1 Å². The van der Waals surface area contributed by atoms with Crippen LogP contribution in [-0.4, -0.2) is 63.2 Å². The van der Waals surface area contributed by atoms with Gasteiger partial charge in [0, 0.05) is 36.4 Å². The number of carbonyl (C=O) groups excluding carboxylic acids is 1. The Kier molecular flexibility index (Phi) is 7.52. The number of likely N-dealkylation sites (tertiary alicyclic amines) is 1. The van der Waals surface area contributed by atoms with E-state index in [1.54, 1.807) is 17.5 Å². The molecule has 1 amide bonds. The summed E-state index contributed by atoms with van der Waals surface area (Å²) in [6.07, 6.45) is 0.884. The Hall–Kier alpha value is -3.61. The summed E-state index contributed by atoms with van der Waals surface area (Å²) in [5, 5.41) is 19.9. The van der Waals surface area contributed by atoms with Crippen molar-refractivity contribution in [2.45, 2.75) is 35.7 Å². The number of pyridine rings is 1. The van der Waals surface area contributed by atoms with E-state index in [2.05, 4.69) is 20.8 Å². The lowest BCUT2D eigenvalue weighted by molar-refractivity contribution is -0.0329. The zero-order chi connectivity index (χ0) is 27.7. The minimum Gasteiger partial charge on any atom is -0.378 e. The zero-order valence-electron chi connectivity index (χ0n) is 20.3. The number of anilines is 1. The van der Waals surface area contributed by atoms with Gasteiger partial charge >= 0.3 is 5.51 Å². The summed E-state index contributed by atoms with van der Waals surface area (Å²) in [5.74, 6) is -0.565. The molecule has 0 radical (unpaired) electrons. The number of thiophene rings is 1. The van der Waals surface area contributed by atoms with Gasteiger partial charge in [0.2, 0.25) is 11.7 Å². The lowest BCUT2D eigenvalue weighted by atomic mass is 10.0. The van der Waals surface area contributed by atoms with Crippen LogP contribution in [0.25, 0.3) is 16.9 Å². The molecule has 0 saturated carbocycles. The Morgan fingerprint density at radius 2 is 2.21 bits per heavy atom. The Labute approximate surface area is 227 Å². The van der Waals surface area contributed by atoms with Crippen molar-refractivity contribution in [3.05, 3.63) is 52.2 Å². The number of alkyl halides is 4. The quantitative estimate of drug-likeness (QED) is 0.235. The van der Waals surface area contributed by atoms with Crippen LogP contribution in [0.2, 0.25) is 0 Å². The first-order chi connectivity index (χ1) is 18.6. The SMILES string of the molecule is CN1CC[C@@H](Nc2cccn3c(SC(F)(F)F)c(-c4noc(CNC(=O)c5cc(C#N)cs5)n4)cc23)[C@@H](F)C1. The van der Waals surface area contributed by atoms with Gasteiger partial charge in [-0.25, -0.2) is 4.39 Å². The molecule has 39 heavy (non-hydrogen) atoms. The third-order valence-electron chi connectivity index (χ3n) is 6.12. The average molecular weight is 580 g/mol. The molecule has 9 nitrogen and oxygen atoms in total. The molecule has 5 heterocycles. The van der Waals surface area contributed by atoms with Gasteiger partial charge in [0.25, 0.3) is 5.91 Å². The number of nitriles is 1. The van der Waals surface area contributed by atoms with Crippen LogP contribution in [0.15, 0.2) is 45.4 Å². The molecule has 0 aliphatic carbocycles. The van der Waals surface area contributed by atoms with Gasteiger partial charge in [0.15, 0.2) is 0 Å². The fourth-order valence-corrected chi connectivity index (χ4v) is 5.77. The Balaban J connectivity index is 1.42. The van der Waals surface area contributed by atoms with Crippen molar-refractivity contribution in [2.75, 3.05) is 25.5 Å². The number of hydrogen-bond donors (Lipinski definition) is 2. The maximum Gasteiger partial charge on any atom is 0.447 e. The number of amides is 1. The van der Waals surface area contributed by atoms with Gasteiger partial charge in [-0.2, -0.15) is 23.4 Å². The van der Waals surface area contributed by atoms with E-state index in [0.29, 0.717) is 34.6 Å². The van der Waals surface area contributed by atoms with Crippen molar-refractivity contribution in [3.63, 3.8) is 0 Å². The maximum atomic E-state index is 14.7. The van der Waals surface area contributed by atoms with E-state index in [4.69, 9.17) is 9.78 Å². The maximum absolute atomic E-state index is 14.7. The predicted molar refractivity (Wildman–Crippen MR) is 137 cm³/mol. The highest BCUT2D eigenvalue weighted by molar-refractivity contribution is 8.00. The van der Waals surface area contributed by atoms with Gasteiger partial charge in [0.1, 0.15) is 12.2 Å². The molecule has 15 heteroatoms. The highest BCUT2D eigenvalue weighted by Crippen LogP contribution is 2.43. The van der Waals surface area contributed by atoms with E-state index >= 15 is 0 Å². The molecule has 0 bridgehead atoms. The van der Waals surface area contributed by atoms with Crippen LogP contribution < -0.4 is 10.6 Å². The molecule has 0 aromatic carbocycles. The molecule has 1 saturated heterocycles. The highest BCUT2D eigenvalue weighted by atomic mass is 32.2. The minimum absolute atomic E-state index is 0.0152. The van der Waals surface area contributed by atoms with E-state index < -0.39 is 23.6 Å². The molecular formula is C24H21F4N7O2S2. The first kappa shape index (κ1) is 27.0. The highest BCUT2D eigenvalue weighted by Gasteiger charge is 2.34. The minimum atomic E-state index is -4.60. The zero-order valence-corrected chi connectivity index (χ0v) is 22.0. The van der Waals surface area contributed by atoms with E-state index in [1.165, 1.54) is 22.7 Å². The molecule has 204 valence electrons. The standard InChI is InChI=1S/C24H21F4N7O2S2/c1-34-6-4-16(15(25)11-34)31-17-3-2-5-35-18(17)8-14(23(35)39-24(26,27)28)21-32-20(37-33-21)10-30-22(36)19-7-13(9-29)12-38-19/h2-3,5,7-8,12,15-16,31H,4,6,10-11H2,1H3,(H,30,36)/t15-,16+/m0/s1.